The fraction of sp³-hybridized carbons (Fsp3) is 0.400. The van der Waals surface area contributed by atoms with Crippen molar-refractivity contribution in [3.63, 3.8) is 0 Å². The molecule has 2 N–H and O–H groups in total. The predicted molar refractivity (Wildman–Crippen MR) is 96.3 cm³/mol. The predicted octanol–water partition coefficient (Wildman–Crippen LogP) is 3.80. The molecule has 3 rings (SSSR count). The first-order chi connectivity index (χ1) is 11.3. The Bertz CT molecular complexity index is 753. The molecule has 0 unspecified atom stereocenters. The largest absolute Gasteiger partial charge is 0.330 e. The van der Waals surface area contributed by atoms with Gasteiger partial charge in [0.1, 0.15) is 0 Å². The first-order valence-electron chi connectivity index (χ1n) is 7.54. The van der Waals surface area contributed by atoms with Crippen molar-refractivity contribution in [1.29, 1.82) is 0 Å². The molecule has 0 amide bonds. The maximum absolute atomic E-state index is 5.90. The van der Waals surface area contributed by atoms with Crippen molar-refractivity contribution >= 4 is 39.7 Å². The first kappa shape index (κ1) is 16.7. The van der Waals surface area contributed by atoms with Gasteiger partial charge in [-0.2, -0.15) is 4.52 Å². The van der Waals surface area contributed by atoms with E-state index in [1.807, 2.05) is 28.8 Å². The molecule has 8 heteroatoms. The van der Waals surface area contributed by atoms with Crippen molar-refractivity contribution in [2.24, 2.45) is 5.73 Å². The highest BCUT2D eigenvalue weighted by Gasteiger charge is 2.11. The van der Waals surface area contributed by atoms with Crippen molar-refractivity contribution in [2.45, 2.75) is 35.8 Å². The SMILES string of the molecule is NCCCCCc1nnc2sc(SCc3ccc(Cl)cc3)nn12. The number of fused-ring (bicyclic) bond motifs is 1. The number of hydrogen-bond acceptors (Lipinski definition) is 6. The summed E-state index contributed by atoms with van der Waals surface area (Å²) >= 11 is 9.19. The van der Waals surface area contributed by atoms with Crippen LogP contribution in [0.15, 0.2) is 28.6 Å². The molecule has 5 nitrogen and oxygen atoms in total. The van der Waals surface area contributed by atoms with Crippen LogP contribution in [0.3, 0.4) is 0 Å². The van der Waals surface area contributed by atoms with Crippen LogP contribution in [-0.4, -0.2) is 26.4 Å². The van der Waals surface area contributed by atoms with E-state index in [-0.39, 0.29) is 0 Å². The van der Waals surface area contributed by atoms with Gasteiger partial charge < -0.3 is 5.73 Å². The smallest absolute Gasteiger partial charge is 0.235 e. The molecule has 0 bridgehead atoms. The van der Waals surface area contributed by atoms with E-state index in [4.69, 9.17) is 17.3 Å². The lowest BCUT2D eigenvalue weighted by atomic mass is 10.2. The van der Waals surface area contributed by atoms with Gasteiger partial charge in [0, 0.05) is 17.2 Å². The minimum absolute atomic E-state index is 0.747. The van der Waals surface area contributed by atoms with Crippen LogP contribution in [0.4, 0.5) is 0 Å². The van der Waals surface area contributed by atoms with Crippen molar-refractivity contribution < 1.29 is 0 Å². The van der Waals surface area contributed by atoms with Crippen molar-refractivity contribution in [2.75, 3.05) is 6.54 Å². The third-order valence-electron chi connectivity index (χ3n) is 3.42. The van der Waals surface area contributed by atoms with Crippen LogP contribution in [0, 0.1) is 0 Å². The van der Waals surface area contributed by atoms with E-state index in [0.29, 0.717) is 0 Å². The molecule has 3 aromatic rings. The van der Waals surface area contributed by atoms with Gasteiger partial charge in [0.15, 0.2) is 10.2 Å². The first-order valence-corrected chi connectivity index (χ1v) is 9.72. The molecule has 0 aliphatic rings. The molecule has 0 atom stereocenters. The molecule has 2 aromatic heterocycles. The van der Waals surface area contributed by atoms with Crippen molar-refractivity contribution in [3.8, 4) is 0 Å². The summed E-state index contributed by atoms with van der Waals surface area (Å²) in [6, 6.07) is 7.90. The summed E-state index contributed by atoms with van der Waals surface area (Å²) in [5.74, 6) is 1.80. The minimum Gasteiger partial charge on any atom is -0.330 e. The molecular weight excluding hydrogens is 350 g/mol. The maximum atomic E-state index is 5.90. The topological polar surface area (TPSA) is 69.1 Å². The van der Waals surface area contributed by atoms with Gasteiger partial charge in [0.05, 0.1) is 0 Å². The molecule has 1 aromatic carbocycles. The fourth-order valence-electron chi connectivity index (χ4n) is 2.18. The Kier molecular flexibility index (Phi) is 5.88. The summed E-state index contributed by atoms with van der Waals surface area (Å²) in [5.41, 5.74) is 6.75. The Balaban J connectivity index is 1.61. The zero-order chi connectivity index (χ0) is 16.1. The highest BCUT2D eigenvalue weighted by atomic mass is 35.5. The molecule has 0 fully saturated rings. The van der Waals surface area contributed by atoms with Crippen LogP contribution in [0.25, 0.3) is 4.96 Å². The van der Waals surface area contributed by atoms with Gasteiger partial charge in [-0.05, 0) is 37.1 Å². The lowest BCUT2D eigenvalue weighted by Crippen LogP contribution is -2.00. The highest BCUT2D eigenvalue weighted by Crippen LogP contribution is 2.28. The number of halogens is 1. The second-order valence-electron chi connectivity index (χ2n) is 5.19. The standard InChI is InChI=1S/C15H18ClN5S2/c16-12-7-5-11(6-8-12)10-22-15-20-21-13(4-2-1-3-9-17)18-19-14(21)23-15/h5-8H,1-4,9-10,17H2. The Morgan fingerprint density at radius 1 is 1.13 bits per heavy atom. The average molecular weight is 368 g/mol. The normalized spacial score (nSPS) is 11.4. The van der Waals surface area contributed by atoms with Gasteiger partial charge in [-0.3, -0.25) is 0 Å². The number of rotatable bonds is 8. The van der Waals surface area contributed by atoms with Crippen LogP contribution in [0.2, 0.25) is 5.02 Å². The molecule has 0 saturated heterocycles. The number of benzene rings is 1. The number of aryl methyl sites for hydroxylation is 1. The number of aromatic nitrogens is 4. The van der Waals surface area contributed by atoms with E-state index >= 15 is 0 Å². The van der Waals surface area contributed by atoms with Crippen LogP contribution in [0.5, 0.6) is 0 Å². The minimum atomic E-state index is 0.747. The van der Waals surface area contributed by atoms with E-state index in [1.54, 1.807) is 23.1 Å². The van der Waals surface area contributed by atoms with Crippen LogP contribution in [-0.2, 0) is 12.2 Å². The monoisotopic (exact) mass is 367 g/mol. The zero-order valence-electron chi connectivity index (χ0n) is 12.6. The molecule has 0 saturated carbocycles. The zero-order valence-corrected chi connectivity index (χ0v) is 15.0. The Hall–Kier alpha value is -1.15. The number of nitrogens with zero attached hydrogens (tertiary/aromatic N) is 4. The van der Waals surface area contributed by atoms with Gasteiger partial charge in [-0.1, -0.05) is 53.3 Å². The van der Waals surface area contributed by atoms with E-state index in [9.17, 15) is 0 Å². The quantitative estimate of drug-likeness (QED) is 0.484. The summed E-state index contributed by atoms with van der Waals surface area (Å²) in [7, 11) is 0. The molecular formula is C15H18ClN5S2. The summed E-state index contributed by atoms with van der Waals surface area (Å²) in [6.45, 7) is 0.747. The molecule has 0 spiro atoms. The number of nitrogens with two attached hydrogens (primary N) is 1. The number of hydrogen-bond donors (Lipinski definition) is 1. The Morgan fingerprint density at radius 3 is 2.74 bits per heavy atom. The third kappa shape index (κ3) is 4.44. The molecule has 0 radical (unpaired) electrons. The van der Waals surface area contributed by atoms with Crippen LogP contribution >= 0.6 is 34.7 Å². The second-order valence-corrected chi connectivity index (χ2v) is 7.81. The number of unbranched alkanes of at least 4 members (excludes halogenated alkanes) is 2. The molecule has 0 aliphatic heterocycles. The van der Waals surface area contributed by atoms with E-state index in [1.165, 1.54) is 5.56 Å². The summed E-state index contributed by atoms with van der Waals surface area (Å²) < 4.78 is 2.88. The van der Waals surface area contributed by atoms with Crippen LogP contribution in [0.1, 0.15) is 30.7 Å². The van der Waals surface area contributed by atoms with Gasteiger partial charge in [0.2, 0.25) is 4.96 Å². The summed E-state index contributed by atoms with van der Waals surface area (Å²) in [5, 5.41) is 13.8. The Labute approximate surface area is 148 Å². The van der Waals surface area contributed by atoms with Gasteiger partial charge in [-0.15, -0.1) is 15.3 Å². The van der Waals surface area contributed by atoms with E-state index < -0.39 is 0 Å². The lowest BCUT2D eigenvalue weighted by Gasteiger charge is -1.99. The molecule has 23 heavy (non-hydrogen) atoms. The highest BCUT2D eigenvalue weighted by molar-refractivity contribution is 8.00. The molecule has 0 aliphatic carbocycles. The van der Waals surface area contributed by atoms with Gasteiger partial charge >= 0.3 is 0 Å². The second kappa shape index (κ2) is 8.10. The van der Waals surface area contributed by atoms with Gasteiger partial charge in [0.25, 0.3) is 0 Å². The summed E-state index contributed by atoms with van der Waals surface area (Å²) in [6.07, 6.45) is 4.14. The fourth-order valence-corrected chi connectivity index (χ4v) is 4.16. The maximum Gasteiger partial charge on any atom is 0.235 e. The third-order valence-corrected chi connectivity index (χ3v) is 5.77. The van der Waals surface area contributed by atoms with Crippen molar-refractivity contribution in [1.82, 2.24) is 19.8 Å². The lowest BCUT2D eigenvalue weighted by molar-refractivity contribution is 0.654. The van der Waals surface area contributed by atoms with E-state index in [2.05, 4.69) is 15.3 Å². The molecule has 2 heterocycles. The molecule has 122 valence electrons. The van der Waals surface area contributed by atoms with Crippen molar-refractivity contribution in [3.05, 3.63) is 40.7 Å². The average Bonchev–Trinajstić information content (AvgIpc) is 3.12. The van der Waals surface area contributed by atoms with E-state index in [0.717, 1.165) is 58.1 Å². The van der Waals surface area contributed by atoms with Gasteiger partial charge in [-0.25, -0.2) is 0 Å². The van der Waals surface area contributed by atoms with Crippen LogP contribution < -0.4 is 5.73 Å². The Morgan fingerprint density at radius 2 is 1.96 bits per heavy atom. The summed E-state index contributed by atoms with van der Waals surface area (Å²) in [4.78, 5) is 0.859. The number of thioether (sulfide) groups is 1.